The minimum atomic E-state index is -2.60. The minimum absolute atomic E-state index is 0.0253. The number of hydrogen-bond donors (Lipinski definition) is 5. The van der Waals surface area contributed by atoms with Crippen LogP contribution in [0.2, 0.25) is 0 Å². The highest BCUT2D eigenvalue weighted by Crippen LogP contribution is 2.28. The van der Waals surface area contributed by atoms with Gasteiger partial charge in [-0.3, -0.25) is 14.6 Å². The Hall–Kier alpha value is -5.04. The number of nitrogens with one attached hydrogen (secondary N) is 4. The first kappa shape index (κ1) is 26.0. The zero-order chi connectivity index (χ0) is 27.3. The van der Waals surface area contributed by atoms with Crippen molar-refractivity contribution in [3.63, 3.8) is 0 Å². The number of para-hydroxylation sites is 2. The maximum Gasteiger partial charge on any atom is 0.257 e. The number of carbonyl (C=O) groups excluding carboxylic acids is 2. The summed E-state index contributed by atoms with van der Waals surface area (Å²) in [7, 11) is -2.60. The number of halogens is 1. The van der Waals surface area contributed by atoms with Crippen LogP contribution >= 0.6 is 0 Å². The van der Waals surface area contributed by atoms with Gasteiger partial charge in [-0.15, -0.1) is 0 Å². The fourth-order valence-electron chi connectivity index (χ4n) is 3.28. The molecule has 1 unspecified atom stereocenters. The van der Waals surface area contributed by atoms with Gasteiger partial charge in [0.2, 0.25) is 5.95 Å². The summed E-state index contributed by atoms with van der Waals surface area (Å²) in [6.07, 6.45) is 5.57. The lowest BCUT2D eigenvalue weighted by molar-refractivity contribution is 0.0997. The lowest BCUT2D eigenvalue weighted by Gasteiger charge is -2.16. The molecule has 0 fully saturated rings. The molecule has 4 aromatic rings. The number of anilines is 6. The van der Waals surface area contributed by atoms with Gasteiger partial charge < -0.3 is 26.4 Å². The van der Waals surface area contributed by atoms with Gasteiger partial charge in [-0.05, 0) is 48.3 Å². The van der Waals surface area contributed by atoms with Gasteiger partial charge in [0, 0.05) is 40.2 Å². The second kappa shape index (κ2) is 10.9. The summed E-state index contributed by atoms with van der Waals surface area (Å²) in [5.41, 5.74) is 6.96. The molecule has 0 spiro atoms. The number of amides is 2. The third kappa shape index (κ3) is 6.59. The molecule has 4 rings (SSSR count). The average Bonchev–Trinajstić information content (AvgIpc) is 2.87. The fraction of sp³-hybridized carbons (Fsp3) is 0.0400. The Morgan fingerprint density at radius 1 is 1.00 bits per heavy atom. The SMILES string of the molecule is C=S(C)(=O)Nc1ccccc1Nc1nc(Nc2cc(NC(=O)c3cccnc3)ccc2F)ncc1C(N)=O. The number of nitrogens with two attached hydrogens (primary N) is 1. The Bertz CT molecular complexity index is 1610. The van der Waals surface area contributed by atoms with E-state index in [0.29, 0.717) is 22.6 Å². The van der Waals surface area contributed by atoms with E-state index in [2.05, 4.69) is 41.5 Å². The van der Waals surface area contributed by atoms with E-state index >= 15 is 0 Å². The van der Waals surface area contributed by atoms with Gasteiger partial charge in [-0.2, -0.15) is 4.98 Å². The molecule has 38 heavy (non-hydrogen) atoms. The molecule has 0 bridgehead atoms. The highest BCUT2D eigenvalue weighted by Gasteiger charge is 2.16. The van der Waals surface area contributed by atoms with Gasteiger partial charge in [0.15, 0.2) is 0 Å². The third-order valence-electron chi connectivity index (χ3n) is 4.95. The lowest BCUT2D eigenvalue weighted by atomic mass is 10.2. The van der Waals surface area contributed by atoms with E-state index < -0.39 is 27.3 Å². The molecule has 0 saturated carbocycles. The first-order chi connectivity index (χ1) is 18.1. The average molecular weight is 535 g/mol. The van der Waals surface area contributed by atoms with Crippen LogP contribution in [0.15, 0.2) is 73.2 Å². The van der Waals surface area contributed by atoms with Crippen LogP contribution < -0.4 is 26.4 Å². The molecule has 0 aliphatic carbocycles. The van der Waals surface area contributed by atoms with Crippen molar-refractivity contribution >= 4 is 61.9 Å². The lowest BCUT2D eigenvalue weighted by Crippen LogP contribution is -2.17. The summed E-state index contributed by atoms with van der Waals surface area (Å²) >= 11 is 0. The number of nitrogens with zero attached hydrogens (tertiary/aromatic N) is 3. The van der Waals surface area contributed by atoms with Crippen LogP contribution in [-0.2, 0) is 9.71 Å². The molecular weight excluding hydrogens is 511 g/mol. The van der Waals surface area contributed by atoms with E-state index in [-0.39, 0.29) is 23.0 Å². The largest absolute Gasteiger partial charge is 0.365 e. The molecule has 6 N–H and O–H groups in total. The summed E-state index contributed by atoms with van der Waals surface area (Å²) in [5.74, 6) is 1.69. The molecule has 2 aromatic heterocycles. The number of rotatable bonds is 9. The van der Waals surface area contributed by atoms with E-state index in [1.807, 2.05) is 0 Å². The standard InChI is InChI=1S/C25H23FN8O3S/c1-38(2,37)34-20-8-4-3-7-19(20)31-23-17(22(27)35)14-29-25(33-23)32-21-12-16(9-10-18(21)26)30-24(36)15-6-5-11-28-13-15/h3-14H,1H2,2H3,(H2,27,35)(H,30,36)(H,34,37)(H2,29,31,32,33). The first-order valence-corrected chi connectivity index (χ1v) is 13.1. The van der Waals surface area contributed by atoms with Crippen molar-refractivity contribution in [2.75, 3.05) is 26.9 Å². The van der Waals surface area contributed by atoms with E-state index in [9.17, 15) is 18.2 Å². The van der Waals surface area contributed by atoms with E-state index in [1.54, 1.807) is 42.6 Å². The Balaban J connectivity index is 1.61. The molecule has 13 heteroatoms. The Morgan fingerprint density at radius 3 is 2.45 bits per heavy atom. The van der Waals surface area contributed by atoms with Crippen LogP contribution in [0.1, 0.15) is 20.7 Å². The maximum absolute atomic E-state index is 14.6. The number of carbonyl (C=O) groups is 2. The molecule has 0 aliphatic heterocycles. The zero-order valence-electron chi connectivity index (χ0n) is 20.1. The van der Waals surface area contributed by atoms with Crippen LogP contribution in [0.3, 0.4) is 0 Å². The van der Waals surface area contributed by atoms with Gasteiger partial charge in [0.05, 0.1) is 22.6 Å². The molecule has 194 valence electrons. The van der Waals surface area contributed by atoms with Gasteiger partial charge in [-0.25, -0.2) is 13.6 Å². The Kier molecular flexibility index (Phi) is 7.48. The van der Waals surface area contributed by atoms with Crippen molar-refractivity contribution in [2.45, 2.75) is 0 Å². The molecule has 2 aromatic carbocycles. The van der Waals surface area contributed by atoms with E-state index in [1.165, 1.54) is 36.8 Å². The zero-order valence-corrected chi connectivity index (χ0v) is 20.9. The summed E-state index contributed by atoms with van der Waals surface area (Å²) in [6, 6.07) is 13.9. The predicted octanol–water partition coefficient (Wildman–Crippen LogP) is 3.52. The van der Waals surface area contributed by atoms with Gasteiger partial charge in [0.1, 0.15) is 17.2 Å². The number of primary amides is 1. The van der Waals surface area contributed by atoms with Crippen molar-refractivity contribution in [2.24, 2.45) is 5.73 Å². The van der Waals surface area contributed by atoms with Crippen LogP contribution in [-0.4, -0.2) is 43.1 Å². The second-order valence-corrected chi connectivity index (χ2v) is 10.3. The molecule has 2 amide bonds. The topological polar surface area (TPSA) is 164 Å². The van der Waals surface area contributed by atoms with E-state index in [0.717, 1.165) is 0 Å². The van der Waals surface area contributed by atoms with Crippen molar-refractivity contribution in [3.05, 3.63) is 90.1 Å². The van der Waals surface area contributed by atoms with Crippen LogP contribution in [0.25, 0.3) is 0 Å². The number of aromatic nitrogens is 3. The first-order valence-electron chi connectivity index (χ1n) is 11.0. The molecule has 2 heterocycles. The number of hydrogen-bond acceptors (Lipinski definition) is 8. The van der Waals surface area contributed by atoms with Crippen molar-refractivity contribution < 1.29 is 18.2 Å². The van der Waals surface area contributed by atoms with Crippen LogP contribution in [0.5, 0.6) is 0 Å². The highest BCUT2D eigenvalue weighted by molar-refractivity contribution is 8.00. The summed E-state index contributed by atoms with van der Waals surface area (Å²) in [5, 5.41) is 8.39. The highest BCUT2D eigenvalue weighted by atomic mass is 32.2. The molecule has 11 nitrogen and oxygen atoms in total. The smallest absolute Gasteiger partial charge is 0.257 e. The van der Waals surface area contributed by atoms with Crippen molar-refractivity contribution in [1.82, 2.24) is 15.0 Å². The molecule has 1 atom stereocenters. The van der Waals surface area contributed by atoms with Gasteiger partial charge >= 0.3 is 0 Å². The van der Waals surface area contributed by atoms with Crippen LogP contribution in [0, 0.1) is 5.82 Å². The monoisotopic (exact) mass is 534 g/mol. The molecule has 0 saturated heterocycles. The number of benzene rings is 2. The van der Waals surface area contributed by atoms with Crippen LogP contribution in [0.4, 0.5) is 38.9 Å². The molecule has 0 radical (unpaired) electrons. The summed E-state index contributed by atoms with van der Waals surface area (Å²) in [4.78, 5) is 36.7. The fourth-order valence-corrected chi connectivity index (χ4v) is 3.92. The second-order valence-electron chi connectivity index (χ2n) is 8.11. The Labute approximate surface area is 217 Å². The van der Waals surface area contributed by atoms with Crippen molar-refractivity contribution in [1.29, 1.82) is 0 Å². The molecular formula is C25H23FN8O3S. The van der Waals surface area contributed by atoms with Crippen molar-refractivity contribution in [3.8, 4) is 0 Å². The van der Waals surface area contributed by atoms with E-state index in [4.69, 9.17) is 5.73 Å². The predicted molar refractivity (Wildman–Crippen MR) is 147 cm³/mol. The van der Waals surface area contributed by atoms with Gasteiger partial charge in [0.25, 0.3) is 11.8 Å². The Morgan fingerprint density at radius 2 is 1.76 bits per heavy atom. The quantitative estimate of drug-likeness (QED) is 0.204. The third-order valence-corrected chi connectivity index (χ3v) is 5.61. The minimum Gasteiger partial charge on any atom is -0.365 e. The normalized spacial score (nSPS) is 12.2. The summed E-state index contributed by atoms with van der Waals surface area (Å²) < 4.78 is 29.6. The summed E-state index contributed by atoms with van der Waals surface area (Å²) in [6.45, 7) is 0. The number of pyridine rings is 1. The maximum atomic E-state index is 14.6. The van der Waals surface area contributed by atoms with Gasteiger partial charge in [-0.1, -0.05) is 12.1 Å². The molecule has 0 aliphatic rings.